The highest BCUT2D eigenvalue weighted by molar-refractivity contribution is 6.31. The number of carbonyl (C=O) groups excluding carboxylic acids is 2. The standard InChI is InChI=1S/C33H34ClFN2O5/c1-20(16-30(38)39)42-29-7-5-4-6-25(29)21-9-11-26(27(35)17-21)31(40)36-14-12-24(13-15-36)37-28-18-23(34)10-8-22(28)19-33(2,3)32(37)41/h4-11,17-18,20,24H,12-16,19H2,1-3H3,(H,38,39)/t20-/m1/s1. The summed E-state index contributed by atoms with van der Waals surface area (Å²) in [6.45, 7) is 6.34. The van der Waals surface area contributed by atoms with Crippen molar-refractivity contribution in [3.8, 4) is 16.9 Å². The summed E-state index contributed by atoms with van der Waals surface area (Å²) >= 11 is 6.29. The van der Waals surface area contributed by atoms with Gasteiger partial charge in [0.1, 0.15) is 17.7 Å². The quantitative estimate of drug-likeness (QED) is 0.334. The van der Waals surface area contributed by atoms with Gasteiger partial charge in [-0.25, -0.2) is 4.39 Å². The molecule has 1 atom stereocenters. The lowest BCUT2D eigenvalue weighted by Gasteiger charge is -2.45. The van der Waals surface area contributed by atoms with Gasteiger partial charge in [-0.3, -0.25) is 14.4 Å². The van der Waals surface area contributed by atoms with Gasteiger partial charge >= 0.3 is 5.97 Å². The van der Waals surface area contributed by atoms with Crippen LogP contribution in [0.1, 0.15) is 56.0 Å². The highest BCUT2D eigenvalue weighted by atomic mass is 35.5. The number of hydrogen-bond acceptors (Lipinski definition) is 4. The maximum absolute atomic E-state index is 15.4. The minimum Gasteiger partial charge on any atom is -0.489 e. The van der Waals surface area contributed by atoms with E-state index in [-0.39, 0.29) is 23.9 Å². The molecule has 42 heavy (non-hydrogen) atoms. The summed E-state index contributed by atoms with van der Waals surface area (Å²) in [7, 11) is 0. The molecular weight excluding hydrogens is 559 g/mol. The molecule has 2 heterocycles. The number of para-hydroxylation sites is 1. The van der Waals surface area contributed by atoms with Crippen LogP contribution in [-0.4, -0.2) is 53.0 Å². The van der Waals surface area contributed by atoms with Gasteiger partial charge in [-0.05, 0) is 67.6 Å². The predicted molar refractivity (Wildman–Crippen MR) is 160 cm³/mol. The lowest BCUT2D eigenvalue weighted by atomic mass is 9.79. The first kappa shape index (κ1) is 29.6. The molecule has 2 amide bonds. The molecule has 0 saturated carbocycles. The fourth-order valence-corrected chi connectivity index (χ4v) is 6.09. The number of rotatable bonds is 7. The lowest BCUT2D eigenvalue weighted by molar-refractivity contribution is -0.138. The van der Waals surface area contributed by atoms with Crippen LogP contribution in [0.5, 0.6) is 5.75 Å². The van der Waals surface area contributed by atoms with Crippen molar-refractivity contribution in [1.29, 1.82) is 0 Å². The number of ether oxygens (including phenoxy) is 1. The summed E-state index contributed by atoms with van der Waals surface area (Å²) in [4.78, 5) is 41.4. The van der Waals surface area contributed by atoms with Crippen LogP contribution in [0.15, 0.2) is 60.7 Å². The molecule has 0 radical (unpaired) electrons. The molecule has 0 aliphatic carbocycles. The van der Waals surface area contributed by atoms with E-state index in [9.17, 15) is 14.4 Å². The Balaban J connectivity index is 1.30. The Hall–Kier alpha value is -3.91. The largest absolute Gasteiger partial charge is 0.489 e. The Bertz CT molecular complexity index is 1530. The molecule has 3 aromatic carbocycles. The molecule has 7 nitrogen and oxygen atoms in total. The van der Waals surface area contributed by atoms with E-state index in [4.69, 9.17) is 21.4 Å². The van der Waals surface area contributed by atoms with Gasteiger partial charge in [0.25, 0.3) is 5.91 Å². The van der Waals surface area contributed by atoms with Crippen LogP contribution in [0.25, 0.3) is 11.1 Å². The second-order valence-corrected chi connectivity index (χ2v) is 12.2. The Morgan fingerprint density at radius 2 is 1.81 bits per heavy atom. The fraction of sp³-hybridized carbons (Fsp3) is 0.364. The number of nitrogens with zero attached hydrogens (tertiary/aromatic N) is 2. The van der Waals surface area contributed by atoms with Gasteiger partial charge in [0, 0.05) is 40.8 Å². The number of amides is 2. The van der Waals surface area contributed by atoms with Crippen molar-refractivity contribution in [2.24, 2.45) is 5.41 Å². The van der Waals surface area contributed by atoms with Crippen LogP contribution in [0.2, 0.25) is 5.02 Å². The van der Waals surface area contributed by atoms with E-state index in [2.05, 4.69) is 0 Å². The van der Waals surface area contributed by atoms with Crippen LogP contribution in [0.4, 0.5) is 10.1 Å². The molecule has 1 saturated heterocycles. The van der Waals surface area contributed by atoms with Crippen LogP contribution in [-0.2, 0) is 16.0 Å². The number of likely N-dealkylation sites (tertiary alicyclic amines) is 1. The molecule has 0 spiro atoms. The maximum atomic E-state index is 15.4. The molecule has 220 valence electrons. The topological polar surface area (TPSA) is 87.2 Å². The number of piperidine rings is 1. The number of carboxylic acids is 1. The molecule has 1 N–H and O–H groups in total. The maximum Gasteiger partial charge on any atom is 0.307 e. The van der Waals surface area contributed by atoms with Crippen LogP contribution < -0.4 is 9.64 Å². The molecule has 5 rings (SSSR count). The fourth-order valence-electron chi connectivity index (χ4n) is 5.93. The molecular formula is C33H34ClFN2O5. The van der Waals surface area contributed by atoms with Gasteiger partial charge in [-0.2, -0.15) is 0 Å². The normalized spacial score (nSPS) is 17.5. The number of anilines is 1. The molecule has 0 bridgehead atoms. The zero-order valence-corrected chi connectivity index (χ0v) is 24.7. The predicted octanol–water partition coefficient (Wildman–Crippen LogP) is 6.61. The number of hydrogen-bond donors (Lipinski definition) is 1. The van der Waals surface area contributed by atoms with Crippen LogP contribution in [0.3, 0.4) is 0 Å². The summed E-state index contributed by atoms with van der Waals surface area (Å²) in [5.41, 5.74) is 2.46. The van der Waals surface area contributed by atoms with Crippen molar-refractivity contribution in [1.82, 2.24) is 4.90 Å². The Kier molecular flexibility index (Phi) is 8.28. The second-order valence-electron chi connectivity index (χ2n) is 11.7. The van der Waals surface area contributed by atoms with Gasteiger partial charge in [0.2, 0.25) is 5.91 Å². The minimum absolute atomic E-state index is 0.0258. The van der Waals surface area contributed by atoms with Crippen molar-refractivity contribution in [2.75, 3.05) is 18.0 Å². The van der Waals surface area contributed by atoms with Gasteiger partial charge in [-0.1, -0.05) is 55.8 Å². The summed E-state index contributed by atoms with van der Waals surface area (Å²) in [5.74, 6) is -1.54. The van der Waals surface area contributed by atoms with Crippen molar-refractivity contribution in [3.05, 3.63) is 82.6 Å². The van der Waals surface area contributed by atoms with Crippen molar-refractivity contribution >= 4 is 35.1 Å². The van der Waals surface area contributed by atoms with E-state index in [1.54, 1.807) is 42.2 Å². The number of carboxylic acid groups (broad SMARTS) is 1. The van der Waals surface area contributed by atoms with Crippen molar-refractivity contribution in [2.45, 2.75) is 58.6 Å². The van der Waals surface area contributed by atoms with Crippen molar-refractivity contribution < 1.29 is 28.6 Å². The van der Waals surface area contributed by atoms with Crippen LogP contribution in [0, 0.1) is 11.2 Å². The smallest absolute Gasteiger partial charge is 0.307 e. The van der Waals surface area contributed by atoms with E-state index in [0.29, 0.717) is 54.3 Å². The number of fused-ring (bicyclic) bond motifs is 1. The van der Waals surface area contributed by atoms with Crippen LogP contribution >= 0.6 is 11.6 Å². The first-order valence-electron chi connectivity index (χ1n) is 14.1. The molecule has 2 aliphatic heterocycles. The van der Waals surface area contributed by atoms with Gasteiger partial charge in [0.15, 0.2) is 0 Å². The van der Waals surface area contributed by atoms with E-state index < -0.39 is 29.2 Å². The first-order chi connectivity index (χ1) is 19.9. The third-order valence-corrected chi connectivity index (χ3v) is 8.28. The van der Waals surface area contributed by atoms with E-state index in [1.807, 2.05) is 36.9 Å². The van der Waals surface area contributed by atoms with E-state index >= 15 is 4.39 Å². The zero-order chi connectivity index (χ0) is 30.2. The third kappa shape index (κ3) is 6.00. The third-order valence-electron chi connectivity index (χ3n) is 8.04. The summed E-state index contributed by atoms with van der Waals surface area (Å²) in [6, 6.07) is 17.0. The highest BCUT2D eigenvalue weighted by Crippen LogP contribution is 2.41. The zero-order valence-electron chi connectivity index (χ0n) is 23.9. The lowest BCUT2D eigenvalue weighted by Crippen LogP contribution is -2.54. The highest BCUT2D eigenvalue weighted by Gasteiger charge is 2.43. The van der Waals surface area contributed by atoms with Gasteiger partial charge in [-0.15, -0.1) is 0 Å². The molecule has 0 unspecified atom stereocenters. The average molecular weight is 593 g/mol. The molecule has 9 heteroatoms. The minimum atomic E-state index is -0.974. The first-order valence-corrected chi connectivity index (χ1v) is 14.5. The SMILES string of the molecule is C[C@H](CC(=O)O)Oc1ccccc1-c1ccc(C(=O)N2CCC(N3C(=O)C(C)(C)Cc4ccc(Cl)cc43)CC2)c(F)c1. The molecule has 2 aliphatic rings. The van der Waals surface area contributed by atoms with E-state index in [0.717, 1.165) is 11.3 Å². The Labute approximate surface area is 249 Å². The number of halogens is 2. The van der Waals surface area contributed by atoms with E-state index in [1.165, 1.54) is 12.1 Å². The molecule has 1 fully saturated rings. The van der Waals surface area contributed by atoms with Crippen molar-refractivity contribution in [3.63, 3.8) is 0 Å². The molecule has 3 aromatic rings. The summed E-state index contributed by atoms with van der Waals surface area (Å²) in [5, 5.41) is 9.62. The average Bonchev–Trinajstić information content (AvgIpc) is 2.94. The monoisotopic (exact) mass is 592 g/mol. The second kappa shape index (κ2) is 11.8. The van der Waals surface area contributed by atoms with Gasteiger partial charge in [0.05, 0.1) is 12.0 Å². The Morgan fingerprint density at radius 1 is 1.10 bits per heavy atom. The number of benzene rings is 3. The summed E-state index contributed by atoms with van der Waals surface area (Å²) < 4.78 is 21.2. The Morgan fingerprint density at radius 3 is 2.50 bits per heavy atom. The van der Waals surface area contributed by atoms with Gasteiger partial charge < -0.3 is 19.6 Å². The molecule has 0 aromatic heterocycles. The number of aliphatic carboxylic acids is 1. The number of carbonyl (C=O) groups is 3. The summed E-state index contributed by atoms with van der Waals surface area (Å²) in [6.07, 6.45) is 1.03.